The second-order valence-electron chi connectivity index (χ2n) is 8.60. The van der Waals surface area contributed by atoms with Gasteiger partial charge in [0.1, 0.15) is 5.82 Å². The summed E-state index contributed by atoms with van der Waals surface area (Å²) in [5.74, 6) is 2.26. The lowest BCUT2D eigenvalue weighted by Gasteiger charge is -2.43. The van der Waals surface area contributed by atoms with Crippen LogP contribution in [0.1, 0.15) is 25.7 Å². The third kappa shape index (κ3) is 4.80. The van der Waals surface area contributed by atoms with Gasteiger partial charge in [-0.3, -0.25) is 9.69 Å². The number of ether oxygens (including phenoxy) is 1. The van der Waals surface area contributed by atoms with E-state index in [-0.39, 0.29) is 5.92 Å². The second-order valence-corrected chi connectivity index (χ2v) is 8.60. The number of carbonyl (C=O) groups is 1. The standard InChI is InChI=1S/C21H34N6O2/c1-24(2)19-5-8-22-21(23-19)26-10-6-18(7-11-26)27-9-3-4-17(16-27)20(28)25-12-14-29-15-13-25/h5,8,17-18H,3-4,6-7,9-16H2,1-2H3/t17-/m0/s1. The van der Waals surface area contributed by atoms with Crippen molar-refractivity contribution < 1.29 is 9.53 Å². The molecular formula is C21H34N6O2. The number of anilines is 2. The normalized spacial score (nSPS) is 24.6. The van der Waals surface area contributed by atoms with E-state index in [9.17, 15) is 4.79 Å². The Hall–Kier alpha value is -1.93. The Morgan fingerprint density at radius 1 is 1.10 bits per heavy atom. The fourth-order valence-electron chi connectivity index (χ4n) is 4.75. The Kier molecular flexibility index (Phi) is 6.50. The number of likely N-dealkylation sites (tertiary alicyclic amines) is 1. The van der Waals surface area contributed by atoms with Gasteiger partial charge in [0.25, 0.3) is 0 Å². The smallest absolute Gasteiger partial charge is 0.227 e. The molecule has 0 aromatic carbocycles. The van der Waals surface area contributed by atoms with Crippen LogP contribution in [0.4, 0.5) is 11.8 Å². The van der Waals surface area contributed by atoms with Crippen molar-refractivity contribution in [1.82, 2.24) is 19.8 Å². The van der Waals surface area contributed by atoms with Gasteiger partial charge in [0.2, 0.25) is 11.9 Å². The molecule has 0 unspecified atom stereocenters. The van der Waals surface area contributed by atoms with Crippen LogP contribution in [-0.4, -0.2) is 98.3 Å². The summed E-state index contributed by atoms with van der Waals surface area (Å²) >= 11 is 0. The van der Waals surface area contributed by atoms with Gasteiger partial charge >= 0.3 is 0 Å². The lowest BCUT2D eigenvalue weighted by atomic mass is 9.92. The molecule has 29 heavy (non-hydrogen) atoms. The van der Waals surface area contributed by atoms with Gasteiger partial charge in [-0.1, -0.05) is 0 Å². The summed E-state index contributed by atoms with van der Waals surface area (Å²) in [5, 5.41) is 0. The quantitative estimate of drug-likeness (QED) is 0.747. The van der Waals surface area contributed by atoms with Crippen LogP contribution >= 0.6 is 0 Å². The van der Waals surface area contributed by atoms with Gasteiger partial charge in [0, 0.05) is 59.1 Å². The van der Waals surface area contributed by atoms with Gasteiger partial charge in [0.05, 0.1) is 19.1 Å². The predicted molar refractivity (Wildman–Crippen MR) is 113 cm³/mol. The summed E-state index contributed by atoms with van der Waals surface area (Å²) in [6, 6.07) is 2.50. The Labute approximate surface area is 173 Å². The lowest BCUT2D eigenvalue weighted by Crippen LogP contribution is -2.52. The van der Waals surface area contributed by atoms with Crippen molar-refractivity contribution in [1.29, 1.82) is 0 Å². The Balaban J connectivity index is 1.31. The number of hydrogen-bond acceptors (Lipinski definition) is 7. The van der Waals surface area contributed by atoms with E-state index in [4.69, 9.17) is 4.74 Å². The van der Waals surface area contributed by atoms with E-state index in [0.717, 1.165) is 76.7 Å². The number of amides is 1. The SMILES string of the molecule is CN(C)c1ccnc(N2CCC(N3CCC[C@H](C(=O)N4CCOCC4)C3)CC2)n1. The van der Waals surface area contributed by atoms with Crippen LogP contribution < -0.4 is 9.80 Å². The van der Waals surface area contributed by atoms with Crippen LogP contribution in [0.5, 0.6) is 0 Å². The molecule has 4 heterocycles. The number of carbonyl (C=O) groups excluding carboxylic acids is 1. The molecule has 8 nitrogen and oxygen atoms in total. The van der Waals surface area contributed by atoms with Crippen molar-refractivity contribution in [2.24, 2.45) is 5.92 Å². The number of morpholine rings is 1. The zero-order valence-electron chi connectivity index (χ0n) is 17.8. The molecule has 8 heteroatoms. The first kappa shape index (κ1) is 20.3. The fraction of sp³-hybridized carbons (Fsp3) is 0.762. The van der Waals surface area contributed by atoms with Crippen molar-refractivity contribution in [3.8, 4) is 0 Å². The molecule has 4 rings (SSSR count). The van der Waals surface area contributed by atoms with Crippen LogP contribution in [0.15, 0.2) is 12.3 Å². The molecule has 0 spiro atoms. The number of nitrogens with zero attached hydrogens (tertiary/aromatic N) is 6. The minimum atomic E-state index is 0.153. The summed E-state index contributed by atoms with van der Waals surface area (Å²) in [6.07, 6.45) is 6.20. The zero-order chi connectivity index (χ0) is 20.2. The molecule has 160 valence electrons. The maximum absolute atomic E-state index is 12.9. The first-order chi connectivity index (χ1) is 14.1. The van der Waals surface area contributed by atoms with E-state index >= 15 is 0 Å². The highest BCUT2D eigenvalue weighted by molar-refractivity contribution is 5.79. The van der Waals surface area contributed by atoms with Crippen molar-refractivity contribution in [3.63, 3.8) is 0 Å². The molecule has 0 N–H and O–H groups in total. The Morgan fingerprint density at radius 3 is 2.59 bits per heavy atom. The maximum atomic E-state index is 12.9. The van der Waals surface area contributed by atoms with Gasteiger partial charge in [-0.15, -0.1) is 0 Å². The molecule has 0 saturated carbocycles. The summed E-state index contributed by atoms with van der Waals surface area (Å²) in [5.41, 5.74) is 0. The monoisotopic (exact) mass is 402 g/mol. The van der Waals surface area contributed by atoms with Crippen LogP contribution in [0.3, 0.4) is 0 Å². The molecule has 3 fully saturated rings. The van der Waals surface area contributed by atoms with Gasteiger partial charge < -0.3 is 19.4 Å². The number of piperidine rings is 2. The van der Waals surface area contributed by atoms with Gasteiger partial charge in [-0.2, -0.15) is 4.98 Å². The molecular weight excluding hydrogens is 368 g/mol. The molecule has 3 aliphatic rings. The summed E-state index contributed by atoms with van der Waals surface area (Å²) < 4.78 is 5.40. The van der Waals surface area contributed by atoms with Gasteiger partial charge in [-0.25, -0.2) is 4.98 Å². The van der Waals surface area contributed by atoms with E-state index in [1.54, 1.807) is 0 Å². The molecule has 1 amide bonds. The van der Waals surface area contributed by atoms with Crippen molar-refractivity contribution in [2.45, 2.75) is 31.7 Å². The molecule has 1 atom stereocenters. The van der Waals surface area contributed by atoms with Crippen LogP contribution in [0.25, 0.3) is 0 Å². The first-order valence-electron chi connectivity index (χ1n) is 11.0. The summed E-state index contributed by atoms with van der Waals surface area (Å²) in [4.78, 5) is 31.0. The molecule has 1 aromatic heterocycles. The van der Waals surface area contributed by atoms with Crippen LogP contribution in [0, 0.1) is 5.92 Å². The minimum Gasteiger partial charge on any atom is -0.378 e. The van der Waals surface area contributed by atoms with E-state index in [2.05, 4.69) is 19.8 Å². The maximum Gasteiger partial charge on any atom is 0.227 e. The van der Waals surface area contributed by atoms with E-state index in [0.29, 0.717) is 25.2 Å². The Bertz CT molecular complexity index is 686. The molecule has 0 bridgehead atoms. The fourth-order valence-corrected chi connectivity index (χ4v) is 4.75. The second kappa shape index (κ2) is 9.26. The minimum absolute atomic E-state index is 0.153. The number of aromatic nitrogens is 2. The largest absolute Gasteiger partial charge is 0.378 e. The highest BCUT2D eigenvalue weighted by Crippen LogP contribution is 2.26. The molecule has 0 aliphatic carbocycles. The molecule has 3 aliphatic heterocycles. The average Bonchev–Trinajstić information content (AvgIpc) is 2.79. The number of rotatable bonds is 4. The highest BCUT2D eigenvalue weighted by Gasteiger charge is 2.34. The van der Waals surface area contributed by atoms with Crippen molar-refractivity contribution in [3.05, 3.63) is 12.3 Å². The Morgan fingerprint density at radius 2 is 1.86 bits per heavy atom. The topological polar surface area (TPSA) is 65.0 Å². The number of hydrogen-bond donors (Lipinski definition) is 0. The van der Waals surface area contributed by atoms with E-state index < -0.39 is 0 Å². The van der Waals surface area contributed by atoms with Gasteiger partial charge in [0.15, 0.2) is 0 Å². The predicted octanol–water partition coefficient (Wildman–Crippen LogP) is 1.08. The van der Waals surface area contributed by atoms with Crippen molar-refractivity contribution in [2.75, 3.05) is 76.4 Å². The molecule has 1 aromatic rings. The zero-order valence-corrected chi connectivity index (χ0v) is 17.8. The third-order valence-electron chi connectivity index (χ3n) is 6.47. The van der Waals surface area contributed by atoms with E-state index in [1.165, 1.54) is 0 Å². The van der Waals surface area contributed by atoms with Crippen LogP contribution in [-0.2, 0) is 9.53 Å². The van der Waals surface area contributed by atoms with E-state index in [1.807, 2.05) is 36.2 Å². The molecule has 3 saturated heterocycles. The first-order valence-corrected chi connectivity index (χ1v) is 11.0. The van der Waals surface area contributed by atoms with Crippen molar-refractivity contribution >= 4 is 17.7 Å². The summed E-state index contributed by atoms with van der Waals surface area (Å²) in [7, 11) is 4.01. The highest BCUT2D eigenvalue weighted by atomic mass is 16.5. The summed E-state index contributed by atoms with van der Waals surface area (Å²) in [6.45, 7) is 6.83. The average molecular weight is 403 g/mol. The lowest BCUT2D eigenvalue weighted by molar-refractivity contribution is -0.141. The third-order valence-corrected chi connectivity index (χ3v) is 6.47. The van der Waals surface area contributed by atoms with Crippen LogP contribution in [0.2, 0.25) is 0 Å². The van der Waals surface area contributed by atoms with Gasteiger partial charge in [-0.05, 0) is 38.3 Å². The molecule has 0 radical (unpaired) electrons.